The lowest BCUT2D eigenvalue weighted by molar-refractivity contribution is -0.142. The van der Waals surface area contributed by atoms with Crippen LogP contribution in [0.25, 0.3) is 0 Å². The standard InChI is InChI=1S/C30H34FN3O2S/c1-21-5-3-4-6-25(21)30-26-13-18-37-27(26)11-14-32(30)15-12-28(35)33-16-17-34(22(2)20-33)29(36)19-23-7-9-24(31)10-8-23/h3-10,13,18,22,30H,11-12,14-17,19-20H2,1-2H3. The third kappa shape index (κ3) is 5.63. The number of amides is 2. The minimum Gasteiger partial charge on any atom is -0.339 e. The monoisotopic (exact) mass is 519 g/mol. The van der Waals surface area contributed by atoms with Crippen molar-refractivity contribution in [1.29, 1.82) is 0 Å². The molecular weight excluding hydrogens is 485 g/mol. The Kier molecular flexibility index (Phi) is 7.72. The highest BCUT2D eigenvalue weighted by Gasteiger charge is 2.33. The van der Waals surface area contributed by atoms with E-state index in [9.17, 15) is 14.0 Å². The number of hydrogen-bond donors (Lipinski definition) is 0. The first kappa shape index (κ1) is 25.6. The maximum Gasteiger partial charge on any atom is 0.227 e. The lowest BCUT2D eigenvalue weighted by Gasteiger charge is -2.41. The van der Waals surface area contributed by atoms with Gasteiger partial charge in [-0.1, -0.05) is 36.4 Å². The van der Waals surface area contributed by atoms with Crippen molar-refractivity contribution in [2.45, 2.75) is 45.2 Å². The highest BCUT2D eigenvalue weighted by atomic mass is 32.1. The van der Waals surface area contributed by atoms with Crippen molar-refractivity contribution in [1.82, 2.24) is 14.7 Å². The van der Waals surface area contributed by atoms with Crippen molar-refractivity contribution in [2.75, 3.05) is 32.7 Å². The average Bonchev–Trinajstić information content (AvgIpc) is 3.37. The molecule has 3 aromatic rings. The van der Waals surface area contributed by atoms with Gasteiger partial charge in [-0.25, -0.2) is 4.39 Å². The van der Waals surface area contributed by atoms with Crippen LogP contribution < -0.4 is 0 Å². The molecule has 2 unspecified atom stereocenters. The molecule has 2 aromatic carbocycles. The second-order valence-corrected chi connectivity index (χ2v) is 11.2. The molecule has 0 saturated carbocycles. The molecule has 1 fully saturated rings. The van der Waals surface area contributed by atoms with Gasteiger partial charge in [0, 0.05) is 50.1 Å². The molecule has 0 N–H and O–H groups in total. The summed E-state index contributed by atoms with van der Waals surface area (Å²) in [6.07, 6.45) is 1.74. The van der Waals surface area contributed by atoms with E-state index in [1.54, 1.807) is 12.1 Å². The first-order chi connectivity index (χ1) is 17.9. The number of benzene rings is 2. The van der Waals surface area contributed by atoms with E-state index in [-0.39, 0.29) is 36.1 Å². The van der Waals surface area contributed by atoms with Gasteiger partial charge in [-0.05, 0) is 66.1 Å². The van der Waals surface area contributed by atoms with Crippen LogP contribution in [-0.4, -0.2) is 65.3 Å². The zero-order chi connectivity index (χ0) is 25.9. The van der Waals surface area contributed by atoms with Gasteiger partial charge in [0.2, 0.25) is 11.8 Å². The first-order valence-electron chi connectivity index (χ1n) is 13.1. The third-order valence-electron chi connectivity index (χ3n) is 7.73. The highest BCUT2D eigenvalue weighted by Crippen LogP contribution is 2.38. The second-order valence-electron chi connectivity index (χ2n) is 10.2. The largest absolute Gasteiger partial charge is 0.339 e. The molecule has 194 valence electrons. The van der Waals surface area contributed by atoms with Gasteiger partial charge in [0.15, 0.2) is 0 Å². The lowest BCUT2D eigenvalue weighted by atomic mass is 9.90. The number of halogens is 1. The number of hydrogen-bond acceptors (Lipinski definition) is 4. The van der Waals surface area contributed by atoms with E-state index >= 15 is 0 Å². The predicted octanol–water partition coefficient (Wildman–Crippen LogP) is 4.84. The summed E-state index contributed by atoms with van der Waals surface area (Å²) < 4.78 is 13.2. The number of carbonyl (C=O) groups excluding carboxylic acids is 2. The molecule has 2 aliphatic heterocycles. The van der Waals surface area contributed by atoms with Crippen LogP contribution in [-0.2, 0) is 22.4 Å². The van der Waals surface area contributed by atoms with Crippen molar-refractivity contribution in [3.63, 3.8) is 0 Å². The Morgan fingerprint density at radius 3 is 2.51 bits per heavy atom. The Hall–Kier alpha value is -3.03. The summed E-state index contributed by atoms with van der Waals surface area (Å²) >= 11 is 1.83. The molecule has 1 aromatic heterocycles. The van der Waals surface area contributed by atoms with Crippen LogP contribution in [0.5, 0.6) is 0 Å². The van der Waals surface area contributed by atoms with Crippen molar-refractivity contribution in [3.05, 3.63) is 92.9 Å². The molecule has 1 saturated heterocycles. The minimum atomic E-state index is -0.303. The van der Waals surface area contributed by atoms with Crippen molar-refractivity contribution >= 4 is 23.2 Å². The van der Waals surface area contributed by atoms with Crippen LogP contribution in [0.4, 0.5) is 4.39 Å². The van der Waals surface area contributed by atoms with E-state index in [0.29, 0.717) is 32.6 Å². The number of fused-ring (bicyclic) bond motifs is 1. The molecule has 5 rings (SSSR count). The zero-order valence-corrected chi connectivity index (χ0v) is 22.3. The third-order valence-corrected chi connectivity index (χ3v) is 8.73. The molecule has 0 spiro atoms. The minimum absolute atomic E-state index is 0.0205. The fourth-order valence-corrected chi connectivity index (χ4v) is 6.60. The smallest absolute Gasteiger partial charge is 0.227 e. The van der Waals surface area contributed by atoms with Gasteiger partial charge in [-0.2, -0.15) is 0 Å². The normalized spacial score (nSPS) is 20.1. The van der Waals surface area contributed by atoms with Crippen LogP contribution in [0, 0.1) is 12.7 Å². The quantitative estimate of drug-likeness (QED) is 0.468. The van der Waals surface area contributed by atoms with E-state index < -0.39 is 0 Å². The van der Waals surface area contributed by atoms with Crippen LogP contribution in [0.15, 0.2) is 60.0 Å². The molecule has 2 atom stereocenters. The summed E-state index contributed by atoms with van der Waals surface area (Å²) in [5.74, 6) is -0.133. The van der Waals surface area contributed by atoms with Crippen molar-refractivity contribution < 1.29 is 14.0 Å². The van der Waals surface area contributed by atoms with E-state index in [1.165, 1.54) is 33.7 Å². The van der Waals surface area contributed by atoms with Crippen LogP contribution in [0.3, 0.4) is 0 Å². The SMILES string of the molecule is Cc1ccccc1C1c2ccsc2CCN1CCC(=O)N1CCN(C(=O)Cc2ccc(F)cc2)C(C)C1. The van der Waals surface area contributed by atoms with E-state index in [0.717, 1.165) is 18.5 Å². The topological polar surface area (TPSA) is 43.9 Å². The molecular formula is C30H34FN3O2S. The molecule has 2 aliphatic rings. The average molecular weight is 520 g/mol. The molecule has 2 amide bonds. The van der Waals surface area contributed by atoms with Gasteiger partial charge in [-0.3, -0.25) is 14.5 Å². The van der Waals surface area contributed by atoms with E-state index in [1.807, 2.05) is 28.1 Å². The van der Waals surface area contributed by atoms with Gasteiger partial charge in [0.1, 0.15) is 5.82 Å². The summed E-state index contributed by atoms with van der Waals surface area (Å²) in [4.78, 5) is 33.8. The summed E-state index contributed by atoms with van der Waals surface area (Å²) in [6.45, 7) is 7.45. The van der Waals surface area contributed by atoms with Crippen LogP contribution in [0.1, 0.15) is 46.5 Å². The summed E-state index contributed by atoms with van der Waals surface area (Å²) in [5, 5.41) is 2.18. The summed E-state index contributed by atoms with van der Waals surface area (Å²) in [6, 6.07) is 17.0. The zero-order valence-electron chi connectivity index (χ0n) is 21.5. The van der Waals surface area contributed by atoms with Gasteiger partial charge in [0.25, 0.3) is 0 Å². The van der Waals surface area contributed by atoms with Crippen LogP contribution >= 0.6 is 11.3 Å². The van der Waals surface area contributed by atoms with E-state index in [2.05, 4.69) is 47.5 Å². The Bertz CT molecular complexity index is 1260. The number of piperazine rings is 1. The number of thiophene rings is 1. The molecule has 0 radical (unpaired) electrons. The predicted molar refractivity (Wildman–Crippen MR) is 145 cm³/mol. The fraction of sp³-hybridized carbons (Fsp3) is 0.400. The number of nitrogens with zero attached hydrogens (tertiary/aromatic N) is 3. The van der Waals surface area contributed by atoms with Gasteiger partial charge >= 0.3 is 0 Å². The Morgan fingerprint density at radius 1 is 0.973 bits per heavy atom. The van der Waals surface area contributed by atoms with Gasteiger partial charge in [-0.15, -0.1) is 11.3 Å². The fourth-order valence-electron chi connectivity index (χ4n) is 5.70. The summed E-state index contributed by atoms with van der Waals surface area (Å²) in [7, 11) is 0. The van der Waals surface area contributed by atoms with Crippen molar-refractivity contribution in [3.8, 4) is 0 Å². The Labute approximate surface area is 222 Å². The highest BCUT2D eigenvalue weighted by molar-refractivity contribution is 7.10. The van der Waals surface area contributed by atoms with Gasteiger partial charge < -0.3 is 9.80 Å². The molecule has 37 heavy (non-hydrogen) atoms. The first-order valence-corrected chi connectivity index (χ1v) is 14.0. The molecule has 0 bridgehead atoms. The number of aryl methyl sites for hydroxylation is 1. The maximum absolute atomic E-state index is 13.3. The van der Waals surface area contributed by atoms with Gasteiger partial charge in [0.05, 0.1) is 12.5 Å². The molecule has 7 heteroatoms. The maximum atomic E-state index is 13.3. The Balaban J connectivity index is 1.19. The molecule has 0 aliphatic carbocycles. The summed E-state index contributed by atoms with van der Waals surface area (Å²) in [5.41, 5.74) is 4.77. The molecule has 3 heterocycles. The van der Waals surface area contributed by atoms with Crippen LogP contribution in [0.2, 0.25) is 0 Å². The lowest BCUT2D eigenvalue weighted by Crippen LogP contribution is -2.56. The molecule has 5 nitrogen and oxygen atoms in total. The number of rotatable bonds is 6. The van der Waals surface area contributed by atoms with E-state index in [4.69, 9.17) is 0 Å². The number of carbonyl (C=O) groups is 2. The Morgan fingerprint density at radius 2 is 1.76 bits per heavy atom. The van der Waals surface area contributed by atoms with Crippen molar-refractivity contribution in [2.24, 2.45) is 0 Å². The second kappa shape index (κ2) is 11.2.